The third-order valence-corrected chi connectivity index (χ3v) is 2.83. The van der Waals surface area contributed by atoms with Crippen LogP contribution in [0.2, 0.25) is 0 Å². The molecule has 88 valence electrons. The highest BCUT2D eigenvalue weighted by atomic mass is 19.1. The molecular formula is C12H12FN3O. The predicted molar refractivity (Wildman–Crippen MR) is 59.6 cm³/mol. The standard InChI is InChI=1S/C12H12FN3O/c1-15-4-5-16(12(15)17)8-9-2-3-11(13)10(6-9)7-14/h2-3,6H,4-5,8H2,1H3. The third-order valence-electron chi connectivity index (χ3n) is 2.83. The lowest BCUT2D eigenvalue weighted by Gasteiger charge is -2.16. The van der Waals surface area contributed by atoms with Crippen molar-refractivity contribution < 1.29 is 9.18 Å². The molecule has 4 nitrogen and oxygen atoms in total. The van der Waals surface area contributed by atoms with E-state index < -0.39 is 5.82 Å². The van der Waals surface area contributed by atoms with Crippen LogP contribution in [0, 0.1) is 17.1 Å². The summed E-state index contributed by atoms with van der Waals surface area (Å²) in [6.07, 6.45) is 0. The molecular weight excluding hydrogens is 221 g/mol. The third kappa shape index (κ3) is 2.21. The van der Waals surface area contributed by atoms with Crippen molar-refractivity contribution in [3.05, 3.63) is 35.1 Å². The van der Waals surface area contributed by atoms with Gasteiger partial charge in [-0.2, -0.15) is 5.26 Å². The Labute approximate surface area is 98.9 Å². The van der Waals surface area contributed by atoms with Crippen LogP contribution in [0.4, 0.5) is 9.18 Å². The summed E-state index contributed by atoms with van der Waals surface area (Å²) in [4.78, 5) is 15.0. The summed E-state index contributed by atoms with van der Waals surface area (Å²) in [6, 6.07) is 6.11. The smallest absolute Gasteiger partial charge is 0.320 e. The summed E-state index contributed by atoms with van der Waals surface area (Å²) in [6.45, 7) is 1.78. The van der Waals surface area contributed by atoms with Crippen LogP contribution in [-0.2, 0) is 6.54 Å². The Hall–Kier alpha value is -2.09. The summed E-state index contributed by atoms with van der Waals surface area (Å²) in [7, 11) is 1.74. The van der Waals surface area contributed by atoms with Gasteiger partial charge in [-0.25, -0.2) is 9.18 Å². The fourth-order valence-corrected chi connectivity index (χ4v) is 1.83. The van der Waals surface area contributed by atoms with Crippen molar-refractivity contribution in [2.45, 2.75) is 6.54 Å². The summed E-state index contributed by atoms with van der Waals surface area (Å²) >= 11 is 0. The Morgan fingerprint density at radius 3 is 2.82 bits per heavy atom. The Morgan fingerprint density at radius 2 is 2.24 bits per heavy atom. The highest BCUT2D eigenvalue weighted by molar-refractivity contribution is 5.76. The molecule has 1 saturated heterocycles. The Balaban J connectivity index is 2.15. The number of rotatable bonds is 2. The number of carbonyl (C=O) groups is 1. The largest absolute Gasteiger partial charge is 0.326 e. The molecule has 0 saturated carbocycles. The Morgan fingerprint density at radius 1 is 1.47 bits per heavy atom. The summed E-state index contributed by atoms with van der Waals surface area (Å²) in [5, 5.41) is 8.72. The fraction of sp³-hybridized carbons (Fsp3) is 0.333. The molecule has 0 radical (unpaired) electrons. The Bertz CT molecular complexity index is 495. The molecule has 2 rings (SSSR count). The number of likely N-dealkylation sites (N-methyl/N-ethyl adjacent to an activating group) is 1. The number of urea groups is 1. The maximum atomic E-state index is 13.1. The van der Waals surface area contributed by atoms with Crippen LogP contribution < -0.4 is 0 Å². The number of hydrogen-bond donors (Lipinski definition) is 0. The lowest BCUT2D eigenvalue weighted by atomic mass is 10.1. The molecule has 0 aromatic heterocycles. The van der Waals surface area contributed by atoms with Crippen molar-refractivity contribution in [3.8, 4) is 6.07 Å². The van der Waals surface area contributed by atoms with Crippen LogP contribution in [0.25, 0.3) is 0 Å². The van der Waals surface area contributed by atoms with Gasteiger partial charge in [0.25, 0.3) is 0 Å². The van der Waals surface area contributed by atoms with Crippen LogP contribution in [0.1, 0.15) is 11.1 Å². The second kappa shape index (κ2) is 4.42. The van der Waals surface area contributed by atoms with E-state index in [0.717, 1.165) is 5.56 Å². The van der Waals surface area contributed by atoms with E-state index >= 15 is 0 Å². The zero-order valence-electron chi connectivity index (χ0n) is 9.48. The predicted octanol–water partition coefficient (Wildman–Crippen LogP) is 1.56. The Kier molecular flexibility index (Phi) is 2.96. The van der Waals surface area contributed by atoms with Crippen molar-refractivity contribution in [1.29, 1.82) is 5.26 Å². The van der Waals surface area contributed by atoms with Gasteiger partial charge in [0, 0.05) is 26.7 Å². The number of benzene rings is 1. The first-order valence-electron chi connectivity index (χ1n) is 5.30. The van der Waals surface area contributed by atoms with Gasteiger partial charge in [0.1, 0.15) is 11.9 Å². The van der Waals surface area contributed by atoms with Crippen LogP contribution in [-0.4, -0.2) is 36.0 Å². The molecule has 0 atom stereocenters. The van der Waals surface area contributed by atoms with Gasteiger partial charge in [-0.05, 0) is 17.7 Å². The first-order valence-corrected chi connectivity index (χ1v) is 5.30. The van der Waals surface area contributed by atoms with Crippen molar-refractivity contribution >= 4 is 6.03 Å². The average Bonchev–Trinajstić information content (AvgIpc) is 2.63. The molecule has 2 amide bonds. The number of halogens is 1. The van der Waals surface area contributed by atoms with Gasteiger partial charge in [-0.15, -0.1) is 0 Å². The highest BCUT2D eigenvalue weighted by Crippen LogP contribution is 2.14. The maximum absolute atomic E-state index is 13.1. The van der Waals surface area contributed by atoms with Gasteiger partial charge in [0.2, 0.25) is 0 Å². The van der Waals surface area contributed by atoms with Crippen LogP contribution in [0.3, 0.4) is 0 Å². The molecule has 1 aromatic rings. The molecule has 17 heavy (non-hydrogen) atoms. The number of nitrogens with zero attached hydrogens (tertiary/aromatic N) is 3. The minimum atomic E-state index is -0.527. The van der Waals surface area contributed by atoms with Crippen molar-refractivity contribution in [2.24, 2.45) is 0 Å². The first-order chi connectivity index (χ1) is 8.11. The molecule has 0 unspecified atom stereocenters. The molecule has 0 spiro atoms. The summed E-state index contributed by atoms with van der Waals surface area (Å²) in [5.41, 5.74) is 0.786. The zero-order valence-corrected chi connectivity index (χ0v) is 9.48. The monoisotopic (exact) mass is 233 g/mol. The van der Waals surface area contributed by atoms with E-state index in [-0.39, 0.29) is 11.6 Å². The van der Waals surface area contributed by atoms with Gasteiger partial charge in [-0.1, -0.05) is 6.07 Å². The molecule has 5 heteroatoms. The summed E-state index contributed by atoms with van der Waals surface area (Å²) < 4.78 is 13.1. The quantitative estimate of drug-likeness (QED) is 0.778. The highest BCUT2D eigenvalue weighted by Gasteiger charge is 2.25. The molecule has 1 heterocycles. The molecule has 1 aliphatic rings. The van der Waals surface area contributed by atoms with Crippen molar-refractivity contribution in [2.75, 3.05) is 20.1 Å². The van der Waals surface area contributed by atoms with E-state index in [0.29, 0.717) is 19.6 Å². The average molecular weight is 233 g/mol. The van der Waals surface area contributed by atoms with E-state index in [2.05, 4.69) is 0 Å². The lowest BCUT2D eigenvalue weighted by molar-refractivity contribution is 0.197. The topological polar surface area (TPSA) is 47.3 Å². The molecule has 1 aliphatic heterocycles. The fourth-order valence-electron chi connectivity index (χ4n) is 1.83. The van der Waals surface area contributed by atoms with E-state index in [1.54, 1.807) is 29.0 Å². The van der Waals surface area contributed by atoms with E-state index in [1.807, 2.05) is 0 Å². The van der Waals surface area contributed by atoms with Gasteiger partial charge in [-0.3, -0.25) is 0 Å². The van der Waals surface area contributed by atoms with Crippen LogP contribution in [0.15, 0.2) is 18.2 Å². The van der Waals surface area contributed by atoms with E-state index in [4.69, 9.17) is 5.26 Å². The summed E-state index contributed by atoms with van der Waals surface area (Å²) in [5.74, 6) is -0.527. The number of carbonyl (C=O) groups excluding carboxylic acids is 1. The first kappa shape index (κ1) is 11.4. The number of amides is 2. The van der Waals surface area contributed by atoms with Crippen LogP contribution >= 0.6 is 0 Å². The molecule has 1 aromatic carbocycles. The lowest BCUT2D eigenvalue weighted by Crippen LogP contribution is -2.28. The molecule has 0 N–H and O–H groups in total. The minimum Gasteiger partial charge on any atom is -0.326 e. The van der Waals surface area contributed by atoms with E-state index in [9.17, 15) is 9.18 Å². The van der Waals surface area contributed by atoms with Crippen LogP contribution in [0.5, 0.6) is 0 Å². The van der Waals surface area contributed by atoms with Gasteiger partial charge in [0.05, 0.1) is 5.56 Å². The molecule has 1 fully saturated rings. The second-order valence-electron chi connectivity index (χ2n) is 4.05. The van der Waals surface area contributed by atoms with Crippen molar-refractivity contribution in [1.82, 2.24) is 9.80 Å². The van der Waals surface area contributed by atoms with Gasteiger partial charge in [0.15, 0.2) is 0 Å². The number of nitriles is 1. The van der Waals surface area contributed by atoms with Gasteiger partial charge >= 0.3 is 6.03 Å². The zero-order chi connectivity index (χ0) is 12.4. The SMILES string of the molecule is CN1CCN(Cc2ccc(F)c(C#N)c2)C1=O. The second-order valence-corrected chi connectivity index (χ2v) is 4.05. The maximum Gasteiger partial charge on any atom is 0.320 e. The van der Waals surface area contributed by atoms with Gasteiger partial charge < -0.3 is 9.80 Å². The van der Waals surface area contributed by atoms with Crippen molar-refractivity contribution in [3.63, 3.8) is 0 Å². The molecule has 0 aliphatic carbocycles. The minimum absolute atomic E-state index is 0.0162. The number of hydrogen-bond acceptors (Lipinski definition) is 2. The molecule has 0 bridgehead atoms. The van der Waals surface area contributed by atoms with E-state index in [1.165, 1.54) is 12.1 Å². The normalized spacial score (nSPS) is 15.2.